The highest BCUT2D eigenvalue weighted by Gasteiger charge is 2.35. The molecule has 0 saturated heterocycles. The van der Waals surface area contributed by atoms with Gasteiger partial charge < -0.3 is 10.2 Å². The lowest BCUT2D eigenvalue weighted by Gasteiger charge is -2.21. The Kier molecular flexibility index (Phi) is 6.29. The van der Waals surface area contributed by atoms with E-state index in [1.54, 1.807) is 0 Å². The molecule has 1 unspecified atom stereocenters. The quantitative estimate of drug-likeness (QED) is 0.371. The van der Waals surface area contributed by atoms with Crippen LogP contribution in [-0.2, 0) is 9.59 Å². The third-order valence-electron chi connectivity index (χ3n) is 2.80. The van der Waals surface area contributed by atoms with Crippen LogP contribution in [0.1, 0.15) is 46.0 Å². The first kappa shape index (κ1) is 16.3. The second-order valence-electron chi connectivity index (χ2n) is 4.97. The lowest BCUT2D eigenvalue weighted by atomic mass is 9.84. The Balaban J connectivity index is 4.28. The smallest absolute Gasteiger partial charge is 0.309 e. The highest BCUT2D eigenvalue weighted by molar-refractivity contribution is 5.73. The molecule has 0 heterocycles. The summed E-state index contributed by atoms with van der Waals surface area (Å²) in [5.74, 6) is -2.00. The first-order valence-corrected chi connectivity index (χ1v) is 5.75. The Morgan fingerprint density at radius 2 is 1.83 bits per heavy atom. The first-order valence-electron chi connectivity index (χ1n) is 5.75. The molecule has 2 N–H and O–H groups in total. The summed E-state index contributed by atoms with van der Waals surface area (Å²) in [7, 11) is 0. The fourth-order valence-corrected chi connectivity index (χ4v) is 1.61. The molecule has 0 rings (SSSR count). The number of carboxylic acids is 2. The minimum atomic E-state index is -1.15. The molecule has 0 aliphatic heterocycles. The normalized spacial score (nSPS) is 13.0. The predicted molar refractivity (Wildman–Crippen MR) is 62.9 cm³/mol. The van der Waals surface area contributed by atoms with E-state index in [2.05, 4.69) is 0 Å². The molecule has 0 aromatic carbocycles. The van der Waals surface area contributed by atoms with Gasteiger partial charge in [0.25, 0.3) is 0 Å². The fraction of sp³-hybridized carbons (Fsp3) is 0.818. The van der Waals surface area contributed by atoms with Crippen LogP contribution in [0.3, 0.4) is 0 Å². The zero-order chi connectivity index (χ0) is 14.3. The standard InChI is InChI=1S/C11H19NO6/c1-11(2,10(15)16)7-8(12(17)18)5-3-4-6-9(13)14/h8H,3-7H2,1-2H3,(H,13,14)(H,15,16). The number of rotatable bonds is 9. The maximum atomic E-state index is 10.9. The van der Waals surface area contributed by atoms with Gasteiger partial charge in [-0.1, -0.05) is 0 Å². The topological polar surface area (TPSA) is 118 Å². The summed E-state index contributed by atoms with van der Waals surface area (Å²) in [6.45, 7) is 2.90. The average molecular weight is 261 g/mol. The monoisotopic (exact) mass is 261 g/mol. The Hall–Kier alpha value is -1.66. The molecule has 7 nitrogen and oxygen atoms in total. The van der Waals surface area contributed by atoms with E-state index in [-0.39, 0.29) is 19.3 Å². The zero-order valence-corrected chi connectivity index (χ0v) is 10.6. The van der Waals surface area contributed by atoms with E-state index >= 15 is 0 Å². The summed E-state index contributed by atoms with van der Waals surface area (Å²) in [6, 6.07) is -0.940. The molecule has 0 saturated carbocycles. The van der Waals surface area contributed by atoms with Crippen molar-refractivity contribution in [1.82, 2.24) is 0 Å². The SMILES string of the molecule is CC(C)(CC(CCCCC(=O)O)[N+](=O)[O-])C(=O)O. The third-order valence-corrected chi connectivity index (χ3v) is 2.80. The van der Waals surface area contributed by atoms with Gasteiger partial charge >= 0.3 is 11.9 Å². The second kappa shape index (κ2) is 6.93. The Morgan fingerprint density at radius 1 is 1.28 bits per heavy atom. The molecule has 0 radical (unpaired) electrons. The molecule has 0 fully saturated rings. The van der Waals surface area contributed by atoms with Crippen LogP contribution < -0.4 is 0 Å². The summed E-state index contributed by atoms with van der Waals surface area (Å²) < 4.78 is 0. The van der Waals surface area contributed by atoms with Gasteiger partial charge in [0.15, 0.2) is 0 Å². The van der Waals surface area contributed by atoms with Crippen LogP contribution >= 0.6 is 0 Å². The van der Waals surface area contributed by atoms with Gasteiger partial charge in [-0.2, -0.15) is 0 Å². The Bertz CT molecular complexity index is 325. The maximum absolute atomic E-state index is 10.9. The van der Waals surface area contributed by atoms with Crippen molar-refractivity contribution >= 4 is 11.9 Å². The Morgan fingerprint density at radius 3 is 2.22 bits per heavy atom. The highest BCUT2D eigenvalue weighted by Crippen LogP contribution is 2.26. The van der Waals surface area contributed by atoms with Crippen molar-refractivity contribution in [3.63, 3.8) is 0 Å². The number of hydrogen-bond donors (Lipinski definition) is 2. The van der Waals surface area contributed by atoms with Gasteiger partial charge in [0.1, 0.15) is 0 Å². The van der Waals surface area contributed by atoms with Crippen LogP contribution in [0.4, 0.5) is 0 Å². The van der Waals surface area contributed by atoms with E-state index in [1.165, 1.54) is 13.8 Å². The molecule has 0 bridgehead atoms. The largest absolute Gasteiger partial charge is 0.481 e. The van der Waals surface area contributed by atoms with Crippen LogP contribution in [0.2, 0.25) is 0 Å². The maximum Gasteiger partial charge on any atom is 0.309 e. The van der Waals surface area contributed by atoms with E-state index in [0.29, 0.717) is 12.8 Å². The number of carboxylic acid groups (broad SMARTS) is 2. The summed E-state index contributed by atoms with van der Waals surface area (Å²) in [6.07, 6.45) is 0.910. The molecule has 0 aromatic rings. The number of carbonyl (C=O) groups is 2. The van der Waals surface area contributed by atoms with Gasteiger partial charge in [-0.15, -0.1) is 0 Å². The highest BCUT2D eigenvalue weighted by atomic mass is 16.6. The summed E-state index contributed by atoms with van der Waals surface area (Å²) in [5, 5.41) is 28.2. The van der Waals surface area contributed by atoms with Gasteiger partial charge in [-0.3, -0.25) is 19.7 Å². The van der Waals surface area contributed by atoms with E-state index in [0.717, 1.165) is 0 Å². The van der Waals surface area contributed by atoms with Crippen molar-refractivity contribution in [3.8, 4) is 0 Å². The third kappa shape index (κ3) is 6.17. The molecule has 18 heavy (non-hydrogen) atoms. The first-order chi connectivity index (χ1) is 8.16. The zero-order valence-electron chi connectivity index (χ0n) is 10.6. The van der Waals surface area contributed by atoms with E-state index in [4.69, 9.17) is 10.2 Å². The summed E-state index contributed by atoms with van der Waals surface area (Å²) >= 11 is 0. The molecule has 0 aliphatic rings. The molecule has 7 heteroatoms. The van der Waals surface area contributed by atoms with E-state index in [9.17, 15) is 19.7 Å². The van der Waals surface area contributed by atoms with Gasteiger partial charge in [-0.05, 0) is 26.7 Å². The van der Waals surface area contributed by atoms with Crippen molar-refractivity contribution in [3.05, 3.63) is 10.1 Å². The number of unbranched alkanes of at least 4 members (excludes halogenated alkanes) is 1. The van der Waals surface area contributed by atoms with Crippen molar-refractivity contribution < 1.29 is 24.7 Å². The van der Waals surface area contributed by atoms with E-state index < -0.39 is 28.3 Å². The minimum Gasteiger partial charge on any atom is -0.481 e. The molecule has 0 amide bonds. The van der Waals surface area contributed by atoms with Crippen LogP contribution in [0.15, 0.2) is 0 Å². The molecule has 0 aromatic heterocycles. The summed E-state index contributed by atoms with van der Waals surface area (Å²) in [5.41, 5.74) is -1.15. The van der Waals surface area contributed by atoms with Gasteiger partial charge in [0.05, 0.1) is 5.41 Å². The number of hydrogen-bond acceptors (Lipinski definition) is 4. The van der Waals surface area contributed by atoms with Gasteiger partial charge in [0, 0.05) is 24.2 Å². The van der Waals surface area contributed by atoms with Crippen LogP contribution in [0.25, 0.3) is 0 Å². The van der Waals surface area contributed by atoms with Crippen molar-refractivity contribution in [2.75, 3.05) is 0 Å². The van der Waals surface area contributed by atoms with Crippen LogP contribution in [-0.4, -0.2) is 33.1 Å². The predicted octanol–water partition coefficient (Wildman–Crippen LogP) is 1.78. The Labute approximate surface area is 105 Å². The number of nitro groups is 1. The molecule has 0 aliphatic carbocycles. The summed E-state index contributed by atoms with van der Waals surface area (Å²) in [4.78, 5) is 31.5. The van der Waals surface area contributed by atoms with E-state index in [1.807, 2.05) is 0 Å². The number of nitrogens with zero attached hydrogens (tertiary/aromatic N) is 1. The van der Waals surface area contributed by atoms with Crippen molar-refractivity contribution in [2.24, 2.45) is 5.41 Å². The molecular weight excluding hydrogens is 242 g/mol. The van der Waals surface area contributed by atoms with Crippen molar-refractivity contribution in [1.29, 1.82) is 0 Å². The van der Waals surface area contributed by atoms with Gasteiger partial charge in [-0.25, -0.2) is 0 Å². The average Bonchev–Trinajstić information content (AvgIpc) is 2.21. The van der Waals surface area contributed by atoms with Crippen LogP contribution in [0.5, 0.6) is 0 Å². The second-order valence-corrected chi connectivity index (χ2v) is 4.97. The van der Waals surface area contributed by atoms with Crippen LogP contribution in [0, 0.1) is 15.5 Å². The lowest BCUT2D eigenvalue weighted by Crippen LogP contribution is -2.32. The molecular formula is C11H19NO6. The molecule has 104 valence electrons. The molecule has 0 spiro atoms. The number of aliphatic carboxylic acids is 2. The van der Waals surface area contributed by atoms with Crippen molar-refractivity contribution in [2.45, 2.75) is 52.0 Å². The minimum absolute atomic E-state index is 0.0211. The molecule has 1 atom stereocenters. The lowest BCUT2D eigenvalue weighted by molar-refractivity contribution is -0.526. The fourth-order valence-electron chi connectivity index (χ4n) is 1.61. The van der Waals surface area contributed by atoms with Gasteiger partial charge in [0.2, 0.25) is 6.04 Å².